The third-order valence-corrected chi connectivity index (χ3v) is 5.67. The largest absolute Gasteiger partial charge is 0.329 e. The van der Waals surface area contributed by atoms with Gasteiger partial charge in [-0.15, -0.1) is 0 Å². The molecule has 118 valence electrons. The molecule has 1 heterocycles. The molecule has 0 radical (unpaired) electrons. The van der Waals surface area contributed by atoms with Gasteiger partial charge in [-0.05, 0) is 29.9 Å². The van der Waals surface area contributed by atoms with E-state index < -0.39 is 0 Å². The summed E-state index contributed by atoms with van der Waals surface area (Å²) in [7, 11) is 0. The van der Waals surface area contributed by atoms with Gasteiger partial charge in [-0.3, -0.25) is 4.90 Å². The molecule has 2 nitrogen and oxygen atoms in total. The van der Waals surface area contributed by atoms with Gasteiger partial charge >= 0.3 is 0 Å². The summed E-state index contributed by atoms with van der Waals surface area (Å²) in [6.45, 7) is 9.89. The van der Waals surface area contributed by atoms with E-state index in [0.29, 0.717) is 18.5 Å². The number of hydrogen-bond donors (Lipinski definition) is 1. The number of thioether (sulfide) groups is 1. The Labute approximate surface area is 134 Å². The summed E-state index contributed by atoms with van der Waals surface area (Å²) in [4.78, 5) is 2.59. The minimum atomic E-state index is 0.382. The zero-order valence-electron chi connectivity index (χ0n) is 13.7. The van der Waals surface area contributed by atoms with Crippen LogP contribution in [0.15, 0.2) is 24.3 Å². The zero-order valence-corrected chi connectivity index (χ0v) is 14.5. The van der Waals surface area contributed by atoms with Crippen molar-refractivity contribution in [3.63, 3.8) is 0 Å². The van der Waals surface area contributed by atoms with Crippen LogP contribution in [-0.2, 0) is 6.42 Å². The Bertz CT molecular complexity index is 416. The first-order valence-corrected chi connectivity index (χ1v) is 9.33. The summed E-state index contributed by atoms with van der Waals surface area (Å²) in [5, 5.41) is 0.771. The van der Waals surface area contributed by atoms with Crippen LogP contribution in [0, 0.1) is 5.92 Å². The van der Waals surface area contributed by atoms with E-state index in [4.69, 9.17) is 5.73 Å². The minimum Gasteiger partial charge on any atom is -0.329 e. The molecule has 0 bridgehead atoms. The lowest BCUT2D eigenvalue weighted by Crippen LogP contribution is -2.42. The summed E-state index contributed by atoms with van der Waals surface area (Å²) < 4.78 is 0. The van der Waals surface area contributed by atoms with Crippen molar-refractivity contribution in [2.45, 2.75) is 44.9 Å². The van der Waals surface area contributed by atoms with E-state index in [9.17, 15) is 0 Å². The molecule has 0 saturated carbocycles. The van der Waals surface area contributed by atoms with E-state index in [-0.39, 0.29) is 0 Å². The molecule has 1 aromatic carbocycles. The lowest BCUT2D eigenvalue weighted by molar-refractivity contribution is 0.207. The van der Waals surface area contributed by atoms with E-state index in [0.717, 1.165) is 18.2 Å². The average molecular weight is 307 g/mol. The molecular formula is C18H30N2S. The van der Waals surface area contributed by atoms with Crippen molar-refractivity contribution in [1.29, 1.82) is 0 Å². The van der Waals surface area contributed by atoms with Gasteiger partial charge in [-0.25, -0.2) is 0 Å². The summed E-state index contributed by atoms with van der Waals surface area (Å²) in [5.41, 5.74) is 8.91. The molecule has 0 amide bonds. The fourth-order valence-electron chi connectivity index (χ4n) is 3.12. The molecule has 2 unspecified atom stereocenters. The van der Waals surface area contributed by atoms with E-state index >= 15 is 0 Å². The van der Waals surface area contributed by atoms with Crippen LogP contribution < -0.4 is 5.73 Å². The Morgan fingerprint density at radius 2 is 2.00 bits per heavy atom. The van der Waals surface area contributed by atoms with Crippen LogP contribution in [-0.4, -0.2) is 35.5 Å². The van der Waals surface area contributed by atoms with Crippen molar-refractivity contribution >= 4 is 11.8 Å². The number of nitrogens with zero attached hydrogens (tertiary/aromatic N) is 1. The van der Waals surface area contributed by atoms with E-state index in [2.05, 4.69) is 61.7 Å². The van der Waals surface area contributed by atoms with Crippen LogP contribution in [0.5, 0.6) is 0 Å². The molecule has 1 aliphatic rings. The van der Waals surface area contributed by atoms with Crippen molar-refractivity contribution in [1.82, 2.24) is 4.90 Å². The fourth-order valence-corrected chi connectivity index (χ4v) is 4.32. The van der Waals surface area contributed by atoms with Crippen molar-refractivity contribution in [2.75, 3.05) is 25.4 Å². The second-order valence-electron chi connectivity index (χ2n) is 6.49. The molecule has 1 aromatic rings. The smallest absolute Gasteiger partial charge is 0.0471 e. The molecule has 0 spiro atoms. The highest BCUT2D eigenvalue weighted by Crippen LogP contribution is 2.28. The first kappa shape index (κ1) is 16.9. The molecule has 0 aromatic heterocycles. The molecule has 2 N–H and O–H groups in total. The predicted molar refractivity (Wildman–Crippen MR) is 94.9 cm³/mol. The third-order valence-electron chi connectivity index (χ3n) is 4.30. The van der Waals surface area contributed by atoms with Crippen molar-refractivity contribution in [3.8, 4) is 0 Å². The van der Waals surface area contributed by atoms with E-state index in [1.54, 1.807) is 0 Å². The third kappa shape index (κ3) is 4.73. The maximum atomic E-state index is 6.09. The van der Waals surface area contributed by atoms with Gasteiger partial charge < -0.3 is 5.73 Å². The van der Waals surface area contributed by atoms with Crippen molar-refractivity contribution in [3.05, 3.63) is 35.4 Å². The zero-order chi connectivity index (χ0) is 15.2. The monoisotopic (exact) mass is 306 g/mol. The Hall–Kier alpha value is -0.510. The van der Waals surface area contributed by atoms with E-state index in [1.165, 1.54) is 29.8 Å². The van der Waals surface area contributed by atoms with E-state index in [1.807, 2.05) is 0 Å². The Morgan fingerprint density at radius 3 is 2.57 bits per heavy atom. The maximum Gasteiger partial charge on any atom is 0.0471 e. The van der Waals surface area contributed by atoms with Crippen LogP contribution in [0.1, 0.15) is 44.4 Å². The van der Waals surface area contributed by atoms with Gasteiger partial charge in [0.05, 0.1) is 0 Å². The van der Waals surface area contributed by atoms with Crippen LogP contribution >= 0.6 is 11.8 Å². The maximum absolute atomic E-state index is 6.09. The standard InChI is InChI=1S/C18H30N2S/c1-4-17-13-20(9-10-21-17)18(12-19)16-7-5-15(6-8-16)11-14(2)3/h5-8,14,17-18H,4,9-13,19H2,1-3H3. The number of rotatable bonds is 6. The molecule has 21 heavy (non-hydrogen) atoms. The number of nitrogens with two attached hydrogens (primary N) is 1. The number of benzene rings is 1. The van der Waals surface area contributed by atoms with Crippen LogP contribution in [0.25, 0.3) is 0 Å². The SMILES string of the molecule is CCC1CN(C(CN)c2ccc(CC(C)C)cc2)CCS1. The highest BCUT2D eigenvalue weighted by molar-refractivity contribution is 8.00. The lowest BCUT2D eigenvalue weighted by Gasteiger charge is -2.37. The molecule has 1 fully saturated rings. The Kier molecular flexibility index (Phi) is 6.59. The highest BCUT2D eigenvalue weighted by Gasteiger charge is 2.25. The van der Waals surface area contributed by atoms with Gasteiger partial charge in [0, 0.05) is 36.7 Å². The van der Waals surface area contributed by atoms with Gasteiger partial charge in [-0.2, -0.15) is 11.8 Å². The summed E-state index contributed by atoms with van der Waals surface area (Å²) in [6.07, 6.45) is 2.41. The molecule has 2 rings (SSSR count). The summed E-state index contributed by atoms with van der Waals surface area (Å²) in [6, 6.07) is 9.53. The van der Waals surface area contributed by atoms with Crippen LogP contribution in [0.3, 0.4) is 0 Å². The second kappa shape index (κ2) is 8.21. The molecule has 1 aliphatic heterocycles. The summed E-state index contributed by atoms with van der Waals surface area (Å²) in [5.74, 6) is 1.95. The second-order valence-corrected chi connectivity index (χ2v) is 7.90. The quantitative estimate of drug-likeness (QED) is 0.868. The Balaban J connectivity index is 2.06. The predicted octanol–water partition coefficient (Wildman–Crippen LogP) is 3.71. The first-order chi connectivity index (χ1) is 10.1. The van der Waals surface area contributed by atoms with Gasteiger partial charge in [0.1, 0.15) is 0 Å². The first-order valence-electron chi connectivity index (χ1n) is 8.28. The van der Waals surface area contributed by atoms with Gasteiger partial charge in [0.15, 0.2) is 0 Å². The molecule has 2 atom stereocenters. The fraction of sp³-hybridized carbons (Fsp3) is 0.667. The average Bonchev–Trinajstić information content (AvgIpc) is 2.49. The van der Waals surface area contributed by atoms with Gasteiger partial charge in [-0.1, -0.05) is 45.0 Å². The van der Waals surface area contributed by atoms with Crippen molar-refractivity contribution < 1.29 is 0 Å². The Morgan fingerprint density at radius 1 is 1.29 bits per heavy atom. The lowest BCUT2D eigenvalue weighted by atomic mass is 9.98. The molecule has 1 saturated heterocycles. The molecule has 0 aliphatic carbocycles. The van der Waals surface area contributed by atoms with Crippen LogP contribution in [0.2, 0.25) is 0 Å². The van der Waals surface area contributed by atoms with Crippen LogP contribution in [0.4, 0.5) is 0 Å². The topological polar surface area (TPSA) is 29.3 Å². The summed E-state index contributed by atoms with van der Waals surface area (Å²) >= 11 is 2.12. The van der Waals surface area contributed by atoms with Crippen molar-refractivity contribution in [2.24, 2.45) is 11.7 Å². The number of hydrogen-bond acceptors (Lipinski definition) is 3. The molecular weight excluding hydrogens is 276 g/mol. The normalized spacial score (nSPS) is 21.7. The molecule has 3 heteroatoms. The van der Waals surface area contributed by atoms with Gasteiger partial charge in [0.25, 0.3) is 0 Å². The minimum absolute atomic E-state index is 0.382. The highest BCUT2D eigenvalue weighted by atomic mass is 32.2. The van der Waals surface area contributed by atoms with Gasteiger partial charge in [0.2, 0.25) is 0 Å².